The van der Waals surface area contributed by atoms with Gasteiger partial charge in [-0.15, -0.1) is 0 Å². The van der Waals surface area contributed by atoms with E-state index in [0.29, 0.717) is 25.0 Å². The summed E-state index contributed by atoms with van der Waals surface area (Å²) in [6, 6.07) is 9.44. The summed E-state index contributed by atoms with van der Waals surface area (Å²) in [4.78, 5) is 35.7. The molecule has 3 fully saturated rings. The van der Waals surface area contributed by atoms with E-state index in [1.54, 1.807) is 6.92 Å². The zero-order chi connectivity index (χ0) is 37.3. The van der Waals surface area contributed by atoms with Crippen molar-refractivity contribution in [1.29, 1.82) is 0 Å². The van der Waals surface area contributed by atoms with Gasteiger partial charge in [0.25, 0.3) is 0 Å². The Morgan fingerprint density at radius 2 is 0.824 bits per heavy atom. The third-order valence-electron chi connectivity index (χ3n) is 10.7. The smallest absolute Gasteiger partial charge is 0.166 e. The van der Waals surface area contributed by atoms with Gasteiger partial charge in [0.15, 0.2) is 5.78 Å². The largest absolute Gasteiger partial charge is 0.313 e. The molecule has 0 spiro atoms. The summed E-state index contributed by atoms with van der Waals surface area (Å²) in [5.74, 6) is 0.904. The fraction of sp³-hybridized carbons (Fsp3) is 0.786. The maximum absolute atomic E-state index is 12.6. The Morgan fingerprint density at radius 1 is 0.549 bits per heavy atom. The van der Waals surface area contributed by atoms with E-state index in [2.05, 4.69) is 0 Å². The normalized spacial score (nSPS) is 24.0. The molecule has 0 radical (unpaired) electrons. The summed E-state index contributed by atoms with van der Waals surface area (Å²) in [7, 11) is 0. The first kappa shape index (κ1) is 51.1. The van der Waals surface area contributed by atoms with Gasteiger partial charge in [0, 0.05) is 63.0 Å². The van der Waals surface area contributed by atoms with Crippen molar-refractivity contribution in [3.05, 3.63) is 35.9 Å². The molecule has 0 saturated carbocycles. The van der Waals surface area contributed by atoms with Crippen molar-refractivity contribution in [2.75, 3.05) is 0 Å². The van der Waals surface area contributed by atoms with E-state index in [1.165, 1.54) is 15.2 Å². The van der Waals surface area contributed by atoms with Crippen LogP contribution in [-0.2, 0) is 9.59 Å². The van der Waals surface area contributed by atoms with Crippen LogP contribution in [0.15, 0.2) is 30.3 Å². The molecule has 298 valence electrons. The second kappa shape index (κ2) is 18.4. The first-order valence-corrected chi connectivity index (χ1v) is 17.7. The summed E-state index contributed by atoms with van der Waals surface area (Å²) in [5.41, 5.74) is -1.22. The van der Waals surface area contributed by atoms with Crippen molar-refractivity contribution >= 4 is 17.3 Å². The molecular weight excluding hydrogens is 642 g/mol. The molecule has 1 aromatic rings. The van der Waals surface area contributed by atoms with Crippen molar-refractivity contribution in [3.63, 3.8) is 0 Å². The van der Waals surface area contributed by atoms with Crippen LogP contribution >= 0.6 is 0 Å². The lowest BCUT2D eigenvalue weighted by Crippen LogP contribution is -2.59. The van der Waals surface area contributed by atoms with Crippen LogP contribution in [0.25, 0.3) is 0 Å². The molecule has 3 heterocycles. The Morgan fingerprint density at radius 3 is 1.10 bits per heavy atom. The molecule has 9 nitrogen and oxygen atoms in total. The standard InChI is InChI=1S/C16H23NO2.C12H23NO2.C11H21NO2.3CH4/c1-15(2)10-13(11-16(3,4)17(15)19)14(18)12-8-6-5-7-9-12;1-6-10(14)9-7-11(2,3)13(15)12(4,5)8-9;1-8(13)9-6-10(2,3)12(14)11(4,5)7-9;;;/h5-9,13,19H,10-11H2,1-4H3;9,15H,6-8H2,1-5H3;9,14H,6-7H2,1-5H3;3*1H4. The van der Waals surface area contributed by atoms with Gasteiger partial charge in [-0.1, -0.05) is 59.5 Å². The van der Waals surface area contributed by atoms with Crippen molar-refractivity contribution in [3.8, 4) is 0 Å². The topological polar surface area (TPSA) is 122 Å². The van der Waals surface area contributed by atoms with E-state index in [1.807, 2.05) is 120 Å². The molecule has 3 saturated heterocycles. The number of nitrogens with zero attached hydrogens (tertiary/aromatic N) is 3. The van der Waals surface area contributed by atoms with Crippen LogP contribution in [0.3, 0.4) is 0 Å². The molecule has 3 aliphatic heterocycles. The van der Waals surface area contributed by atoms with Crippen molar-refractivity contribution in [2.24, 2.45) is 17.8 Å². The lowest BCUT2D eigenvalue weighted by atomic mass is 9.73. The summed E-state index contributed by atoms with van der Waals surface area (Å²) in [6.07, 6.45) is 4.94. The Kier molecular flexibility index (Phi) is 18.4. The van der Waals surface area contributed by atoms with E-state index in [9.17, 15) is 30.0 Å². The number of carbonyl (C=O) groups is 3. The van der Waals surface area contributed by atoms with Crippen LogP contribution in [0.5, 0.6) is 0 Å². The molecule has 3 N–H and O–H groups in total. The highest BCUT2D eigenvalue weighted by Gasteiger charge is 2.48. The highest BCUT2D eigenvalue weighted by atomic mass is 16.5. The average Bonchev–Trinajstić information content (AvgIpc) is 2.96. The van der Waals surface area contributed by atoms with E-state index >= 15 is 0 Å². The van der Waals surface area contributed by atoms with Gasteiger partial charge in [-0.2, -0.15) is 15.2 Å². The van der Waals surface area contributed by atoms with Crippen molar-refractivity contribution in [1.82, 2.24) is 15.2 Å². The Balaban J connectivity index is 0. The summed E-state index contributed by atoms with van der Waals surface area (Å²) >= 11 is 0. The Hall–Kier alpha value is -2.01. The number of hydrogen-bond donors (Lipinski definition) is 3. The molecule has 0 amide bonds. The second-order valence-electron chi connectivity index (χ2n) is 18.3. The second-order valence-corrected chi connectivity index (χ2v) is 18.3. The average molecular weight is 722 g/mol. The van der Waals surface area contributed by atoms with Crippen LogP contribution in [0.4, 0.5) is 0 Å². The third kappa shape index (κ3) is 12.5. The van der Waals surface area contributed by atoms with Crippen LogP contribution < -0.4 is 0 Å². The van der Waals surface area contributed by atoms with Gasteiger partial charge in [0.1, 0.15) is 11.6 Å². The molecule has 1 aromatic carbocycles. The summed E-state index contributed by atoms with van der Waals surface area (Å²) < 4.78 is 0. The van der Waals surface area contributed by atoms with Crippen LogP contribution in [0.2, 0.25) is 0 Å². The minimum Gasteiger partial charge on any atom is -0.313 e. The number of Topliss-reactive ketones (excluding diaryl/α,β-unsaturated/α-hetero) is 3. The number of hydroxylamine groups is 6. The Bertz CT molecular complexity index is 1220. The molecule has 51 heavy (non-hydrogen) atoms. The van der Waals surface area contributed by atoms with E-state index in [4.69, 9.17) is 0 Å². The number of rotatable bonds is 5. The lowest BCUT2D eigenvalue weighted by molar-refractivity contribution is -0.249. The fourth-order valence-electron chi connectivity index (χ4n) is 8.64. The first-order valence-electron chi connectivity index (χ1n) is 17.7. The van der Waals surface area contributed by atoms with E-state index in [-0.39, 0.29) is 84.8 Å². The van der Waals surface area contributed by atoms with Crippen LogP contribution in [0, 0.1) is 17.8 Å². The van der Waals surface area contributed by atoms with Gasteiger partial charge in [-0.3, -0.25) is 14.4 Å². The minimum atomic E-state index is -0.378. The molecule has 0 aromatic heterocycles. The molecule has 0 atom stereocenters. The monoisotopic (exact) mass is 722 g/mol. The van der Waals surface area contributed by atoms with Crippen LogP contribution in [-0.4, -0.2) is 81.4 Å². The van der Waals surface area contributed by atoms with Crippen molar-refractivity contribution < 1.29 is 30.0 Å². The van der Waals surface area contributed by atoms with Gasteiger partial charge < -0.3 is 15.6 Å². The predicted octanol–water partition coefficient (Wildman–Crippen LogP) is 10.3. The molecular formula is C42H79N3O6. The quantitative estimate of drug-likeness (QED) is 0.255. The number of ketones is 3. The third-order valence-corrected chi connectivity index (χ3v) is 10.7. The number of benzene rings is 1. The van der Waals surface area contributed by atoms with Gasteiger partial charge in [0.05, 0.1) is 0 Å². The number of hydrogen-bond acceptors (Lipinski definition) is 9. The zero-order valence-electron chi connectivity index (χ0n) is 32.5. The van der Waals surface area contributed by atoms with Gasteiger partial charge >= 0.3 is 0 Å². The lowest BCUT2D eigenvalue weighted by Gasteiger charge is -2.51. The Labute approximate surface area is 313 Å². The maximum Gasteiger partial charge on any atom is 0.166 e. The van der Waals surface area contributed by atoms with Gasteiger partial charge in [-0.05, 0) is 129 Å². The minimum absolute atomic E-state index is 0. The number of piperidine rings is 3. The molecule has 9 heteroatoms. The van der Waals surface area contributed by atoms with E-state index in [0.717, 1.165) is 31.2 Å². The number of carbonyl (C=O) groups excluding carboxylic acids is 3. The SMILES string of the molecule is C.C.C.CC(=O)C1CC(C)(C)N(O)C(C)(C)C1.CC1(C)CC(C(=O)c2ccccc2)CC(C)(C)N1O.CCC(=O)C1CC(C)(C)N(O)C(C)(C)C1. The first-order chi connectivity index (χ1) is 21.6. The van der Waals surface area contributed by atoms with Gasteiger partial charge in [-0.25, -0.2) is 0 Å². The predicted molar refractivity (Wildman–Crippen MR) is 210 cm³/mol. The van der Waals surface area contributed by atoms with E-state index < -0.39 is 0 Å². The molecule has 4 rings (SSSR count). The maximum atomic E-state index is 12.6. The molecule has 0 unspecified atom stereocenters. The summed E-state index contributed by atoms with van der Waals surface area (Å²) in [6.45, 7) is 27.4. The van der Waals surface area contributed by atoms with Gasteiger partial charge in [0.2, 0.25) is 0 Å². The molecule has 0 bridgehead atoms. The molecule has 0 aliphatic carbocycles. The zero-order valence-corrected chi connectivity index (χ0v) is 32.5. The van der Waals surface area contributed by atoms with Crippen molar-refractivity contribution in [2.45, 2.75) is 197 Å². The fourth-order valence-corrected chi connectivity index (χ4v) is 8.64. The summed E-state index contributed by atoms with van der Waals surface area (Å²) in [5, 5.41) is 34.5. The van der Waals surface area contributed by atoms with Crippen LogP contribution in [0.1, 0.15) is 175 Å². The highest BCUT2D eigenvalue weighted by molar-refractivity contribution is 5.98. The highest BCUT2D eigenvalue weighted by Crippen LogP contribution is 2.42. The molecule has 3 aliphatic rings.